The maximum atomic E-state index is 12.5. The van der Waals surface area contributed by atoms with Crippen LogP contribution in [0.4, 0.5) is 5.69 Å². The molecule has 124 valence electrons. The van der Waals surface area contributed by atoms with E-state index in [-0.39, 0.29) is 18.3 Å². The third kappa shape index (κ3) is 3.65. The summed E-state index contributed by atoms with van der Waals surface area (Å²) in [5.41, 5.74) is 4.19. The Labute approximate surface area is 141 Å². The smallest absolute Gasteiger partial charge is 0.276 e. The normalized spacial score (nSPS) is 13.0. The molecule has 0 saturated heterocycles. The Balaban J connectivity index is 0.00000192. The number of nitrogens with zero attached hydrogens (tertiary/aromatic N) is 1. The van der Waals surface area contributed by atoms with Crippen molar-refractivity contribution in [1.82, 2.24) is 15.5 Å². The Morgan fingerprint density at radius 2 is 2.26 bits per heavy atom. The topological polar surface area (TPSA) is 79.0 Å². The largest absolute Gasteiger partial charge is 0.492 e. The molecule has 0 unspecified atom stereocenters. The van der Waals surface area contributed by atoms with Gasteiger partial charge < -0.3 is 15.4 Å². The molecule has 0 spiro atoms. The summed E-state index contributed by atoms with van der Waals surface area (Å²) in [5.74, 6) is 0.462. The van der Waals surface area contributed by atoms with Crippen molar-refractivity contribution in [2.24, 2.45) is 0 Å². The Kier molecular flexibility index (Phi) is 5.63. The van der Waals surface area contributed by atoms with Crippen LogP contribution in [0.15, 0.2) is 18.2 Å². The predicted molar refractivity (Wildman–Crippen MR) is 91.5 cm³/mol. The summed E-state index contributed by atoms with van der Waals surface area (Å²) in [6.45, 7) is 6.03. The number of nitrogens with one attached hydrogen (secondary N) is 3. The number of aryl methyl sites for hydroxylation is 1. The van der Waals surface area contributed by atoms with Gasteiger partial charge in [-0.3, -0.25) is 9.89 Å². The number of benzene rings is 1. The molecule has 23 heavy (non-hydrogen) atoms. The van der Waals surface area contributed by atoms with Gasteiger partial charge in [0.05, 0.1) is 12.3 Å². The van der Waals surface area contributed by atoms with Crippen LogP contribution in [0.5, 0.6) is 5.75 Å². The second-order valence-corrected chi connectivity index (χ2v) is 5.34. The van der Waals surface area contributed by atoms with E-state index in [0.717, 1.165) is 29.8 Å². The van der Waals surface area contributed by atoms with Gasteiger partial charge in [-0.05, 0) is 31.5 Å². The number of aromatic amines is 1. The molecule has 2 heterocycles. The molecular weight excluding hydrogens is 316 g/mol. The predicted octanol–water partition coefficient (Wildman–Crippen LogP) is 2.44. The highest BCUT2D eigenvalue weighted by atomic mass is 35.5. The minimum Gasteiger partial charge on any atom is -0.492 e. The third-order valence-electron chi connectivity index (χ3n) is 3.71. The minimum atomic E-state index is -0.217. The van der Waals surface area contributed by atoms with Crippen LogP contribution in [-0.4, -0.2) is 29.3 Å². The quantitative estimate of drug-likeness (QED) is 0.801. The van der Waals surface area contributed by atoms with Crippen LogP contribution in [0.25, 0.3) is 0 Å². The number of carbonyl (C=O) groups is 1. The van der Waals surface area contributed by atoms with Gasteiger partial charge in [-0.2, -0.15) is 5.10 Å². The molecule has 0 atom stereocenters. The van der Waals surface area contributed by atoms with E-state index in [0.29, 0.717) is 30.3 Å². The lowest BCUT2D eigenvalue weighted by Crippen LogP contribution is -2.25. The van der Waals surface area contributed by atoms with E-state index in [1.807, 2.05) is 32.0 Å². The standard InChI is InChI=1S/C16H20N4O2.ClH/c1-3-22-14-8-10(2)4-5-13(14)18-16(21)15-11-9-17-7-6-12(11)19-20-15;/h4-5,8,17H,3,6-7,9H2,1-2H3,(H,18,21)(H,19,20);1H. The zero-order chi connectivity index (χ0) is 15.5. The number of hydrogen-bond donors (Lipinski definition) is 3. The number of carbonyl (C=O) groups excluding carboxylic acids is 1. The van der Waals surface area contributed by atoms with Gasteiger partial charge in [0.25, 0.3) is 5.91 Å². The number of ether oxygens (including phenoxy) is 1. The van der Waals surface area contributed by atoms with E-state index in [2.05, 4.69) is 20.8 Å². The second-order valence-electron chi connectivity index (χ2n) is 5.34. The van der Waals surface area contributed by atoms with Crippen LogP contribution in [-0.2, 0) is 13.0 Å². The number of halogens is 1. The average Bonchev–Trinajstić information content (AvgIpc) is 2.94. The monoisotopic (exact) mass is 336 g/mol. The number of H-pyrrole nitrogens is 1. The summed E-state index contributed by atoms with van der Waals surface area (Å²) in [6, 6.07) is 5.72. The first-order chi connectivity index (χ1) is 10.7. The van der Waals surface area contributed by atoms with Crippen LogP contribution in [0, 0.1) is 6.92 Å². The maximum absolute atomic E-state index is 12.5. The van der Waals surface area contributed by atoms with Crippen LogP contribution < -0.4 is 15.4 Å². The zero-order valence-electron chi connectivity index (χ0n) is 13.2. The van der Waals surface area contributed by atoms with Gasteiger partial charge in [0, 0.05) is 30.8 Å². The third-order valence-corrected chi connectivity index (χ3v) is 3.71. The Morgan fingerprint density at radius 3 is 3.04 bits per heavy atom. The first-order valence-electron chi connectivity index (χ1n) is 7.50. The molecule has 0 aliphatic carbocycles. The van der Waals surface area contributed by atoms with Gasteiger partial charge in [0.1, 0.15) is 5.75 Å². The molecule has 0 saturated carbocycles. The molecule has 0 fully saturated rings. The van der Waals surface area contributed by atoms with Gasteiger partial charge >= 0.3 is 0 Å². The van der Waals surface area contributed by atoms with E-state index in [1.54, 1.807) is 0 Å². The van der Waals surface area contributed by atoms with E-state index < -0.39 is 0 Å². The van der Waals surface area contributed by atoms with E-state index >= 15 is 0 Å². The van der Waals surface area contributed by atoms with Crippen molar-refractivity contribution in [3.05, 3.63) is 40.7 Å². The van der Waals surface area contributed by atoms with Crippen molar-refractivity contribution in [2.75, 3.05) is 18.5 Å². The summed E-state index contributed by atoms with van der Waals surface area (Å²) < 4.78 is 5.59. The molecule has 3 N–H and O–H groups in total. The minimum absolute atomic E-state index is 0. The summed E-state index contributed by atoms with van der Waals surface area (Å²) in [4.78, 5) is 12.5. The number of hydrogen-bond acceptors (Lipinski definition) is 4. The maximum Gasteiger partial charge on any atom is 0.276 e. The molecular formula is C16H21ClN4O2. The first kappa shape index (κ1) is 17.3. The molecule has 1 aromatic heterocycles. The zero-order valence-corrected chi connectivity index (χ0v) is 14.0. The number of fused-ring (bicyclic) bond motifs is 1. The van der Waals surface area contributed by atoms with Gasteiger partial charge in [0.15, 0.2) is 5.69 Å². The van der Waals surface area contributed by atoms with Crippen molar-refractivity contribution >= 4 is 24.0 Å². The summed E-state index contributed by atoms with van der Waals surface area (Å²) >= 11 is 0. The lowest BCUT2D eigenvalue weighted by molar-refractivity contribution is 0.102. The molecule has 0 radical (unpaired) electrons. The highest BCUT2D eigenvalue weighted by Crippen LogP contribution is 2.27. The molecule has 2 aromatic rings. The highest BCUT2D eigenvalue weighted by Gasteiger charge is 2.22. The van der Waals surface area contributed by atoms with Crippen molar-refractivity contribution < 1.29 is 9.53 Å². The Morgan fingerprint density at radius 1 is 1.43 bits per heavy atom. The second kappa shape index (κ2) is 7.48. The Hall–Kier alpha value is -2.05. The number of anilines is 1. The summed E-state index contributed by atoms with van der Waals surface area (Å²) in [5, 5.41) is 13.3. The van der Waals surface area contributed by atoms with Crippen LogP contribution in [0.3, 0.4) is 0 Å². The lowest BCUT2D eigenvalue weighted by Gasteiger charge is -2.14. The van der Waals surface area contributed by atoms with Crippen LogP contribution in [0.2, 0.25) is 0 Å². The average molecular weight is 337 g/mol. The fourth-order valence-corrected chi connectivity index (χ4v) is 2.60. The molecule has 3 rings (SSSR count). The molecule has 6 nitrogen and oxygen atoms in total. The first-order valence-corrected chi connectivity index (χ1v) is 7.50. The fraction of sp³-hybridized carbons (Fsp3) is 0.375. The molecule has 1 aliphatic heterocycles. The van der Waals surface area contributed by atoms with Gasteiger partial charge in [-0.1, -0.05) is 6.07 Å². The van der Waals surface area contributed by atoms with E-state index in [1.165, 1.54) is 0 Å². The number of aromatic nitrogens is 2. The van der Waals surface area contributed by atoms with Crippen molar-refractivity contribution in [1.29, 1.82) is 0 Å². The van der Waals surface area contributed by atoms with Crippen molar-refractivity contribution in [3.8, 4) is 5.75 Å². The molecule has 7 heteroatoms. The number of rotatable bonds is 4. The molecule has 1 aromatic carbocycles. The Bertz CT molecular complexity index is 699. The van der Waals surface area contributed by atoms with Crippen molar-refractivity contribution in [3.63, 3.8) is 0 Å². The lowest BCUT2D eigenvalue weighted by atomic mass is 10.1. The number of amides is 1. The SMILES string of the molecule is CCOc1cc(C)ccc1NC(=O)c1n[nH]c2c1CNCC2.Cl. The van der Waals surface area contributed by atoms with Crippen LogP contribution >= 0.6 is 12.4 Å². The van der Waals surface area contributed by atoms with Gasteiger partial charge in [-0.15, -0.1) is 12.4 Å². The van der Waals surface area contributed by atoms with Gasteiger partial charge in [0.2, 0.25) is 0 Å². The highest BCUT2D eigenvalue weighted by molar-refractivity contribution is 6.04. The van der Waals surface area contributed by atoms with Gasteiger partial charge in [-0.25, -0.2) is 0 Å². The fourth-order valence-electron chi connectivity index (χ4n) is 2.60. The van der Waals surface area contributed by atoms with Crippen molar-refractivity contribution in [2.45, 2.75) is 26.8 Å². The summed E-state index contributed by atoms with van der Waals surface area (Å²) in [6.07, 6.45) is 0.865. The van der Waals surface area contributed by atoms with E-state index in [4.69, 9.17) is 4.74 Å². The summed E-state index contributed by atoms with van der Waals surface area (Å²) in [7, 11) is 0. The molecule has 1 aliphatic rings. The molecule has 1 amide bonds. The van der Waals surface area contributed by atoms with Crippen LogP contribution in [0.1, 0.15) is 34.2 Å². The molecule has 0 bridgehead atoms. The van der Waals surface area contributed by atoms with E-state index in [9.17, 15) is 4.79 Å².